The minimum Gasteiger partial charge on any atom is -0.389 e. The van der Waals surface area contributed by atoms with Gasteiger partial charge in [0.05, 0.1) is 5.60 Å². The van der Waals surface area contributed by atoms with Crippen molar-refractivity contribution in [3.8, 4) is 0 Å². The van der Waals surface area contributed by atoms with Gasteiger partial charge in [0.2, 0.25) is 0 Å². The lowest BCUT2D eigenvalue weighted by Crippen LogP contribution is -2.41. The number of hydrogen-bond acceptors (Lipinski definition) is 2. The van der Waals surface area contributed by atoms with E-state index in [9.17, 15) is 5.11 Å². The summed E-state index contributed by atoms with van der Waals surface area (Å²) in [4.78, 5) is 0. The van der Waals surface area contributed by atoms with E-state index in [2.05, 4.69) is 19.2 Å². The third-order valence-corrected chi connectivity index (χ3v) is 3.68. The summed E-state index contributed by atoms with van der Waals surface area (Å²) in [5.74, 6) is 0.915. The van der Waals surface area contributed by atoms with Crippen molar-refractivity contribution in [1.29, 1.82) is 0 Å². The zero-order chi connectivity index (χ0) is 11.3. The molecule has 0 spiro atoms. The zero-order valence-electron chi connectivity index (χ0n) is 10.6. The number of hydrogen-bond donors (Lipinski definition) is 2. The van der Waals surface area contributed by atoms with Crippen molar-refractivity contribution in [2.24, 2.45) is 5.92 Å². The highest BCUT2D eigenvalue weighted by Crippen LogP contribution is 2.28. The molecular formula is C13H27NO. The predicted octanol–water partition coefficient (Wildman–Crippen LogP) is 2.71. The lowest BCUT2D eigenvalue weighted by molar-refractivity contribution is 0.0472. The first-order valence-corrected chi connectivity index (χ1v) is 6.53. The number of rotatable bonds is 6. The standard InChI is InChI=1S/C13H27NO/c1-4-8-13(3,15)10-14-12-7-6-11(5-2)9-12/h11-12,14-15H,4-10H2,1-3H3. The molecule has 1 aliphatic carbocycles. The van der Waals surface area contributed by atoms with E-state index in [1.165, 1.54) is 25.7 Å². The largest absolute Gasteiger partial charge is 0.389 e. The predicted molar refractivity (Wildman–Crippen MR) is 65.0 cm³/mol. The molecule has 2 nitrogen and oxygen atoms in total. The third-order valence-electron chi connectivity index (χ3n) is 3.68. The zero-order valence-corrected chi connectivity index (χ0v) is 10.6. The molecule has 0 amide bonds. The van der Waals surface area contributed by atoms with Crippen LogP contribution in [0, 0.1) is 5.92 Å². The molecule has 90 valence electrons. The molecule has 1 aliphatic rings. The van der Waals surface area contributed by atoms with Crippen molar-refractivity contribution in [2.45, 2.75) is 70.9 Å². The van der Waals surface area contributed by atoms with E-state index in [0.717, 1.165) is 25.3 Å². The Labute approximate surface area is 94.5 Å². The van der Waals surface area contributed by atoms with Crippen LogP contribution in [0.25, 0.3) is 0 Å². The summed E-state index contributed by atoms with van der Waals surface area (Å²) in [6, 6.07) is 0.651. The second-order valence-electron chi connectivity index (χ2n) is 5.41. The van der Waals surface area contributed by atoms with Gasteiger partial charge in [-0.1, -0.05) is 26.7 Å². The molecule has 0 aromatic carbocycles. The normalized spacial score (nSPS) is 30.4. The monoisotopic (exact) mass is 213 g/mol. The minimum absolute atomic E-state index is 0.515. The van der Waals surface area contributed by atoms with Crippen LogP contribution in [0.1, 0.15) is 59.3 Å². The van der Waals surface area contributed by atoms with Crippen LogP contribution in [-0.4, -0.2) is 23.3 Å². The average molecular weight is 213 g/mol. The molecule has 0 heterocycles. The van der Waals surface area contributed by atoms with Gasteiger partial charge in [0.1, 0.15) is 0 Å². The van der Waals surface area contributed by atoms with Crippen LogP contribution in [0.2, 0.25) is 0 Å². The van der Waals surface area contributed by atoms with Gasteiger partial charge >= 0.3 is 0 Å². The van der Waals surface area contributed by atoms with Crippen LogP contribution in [0.15, 0.2) is 0 Å². The van der Waals surface area contributed by atoms with Gasteiger partial charge in [0.15, 0.2) is 0 Å². The highest BCUT2D eigenvalue weighted by molar-refractivity contribution is 4.83. The van der Waals surface area contributed by atoms with Gasteiger partial charge in [-0.05, 0) is 38.5 Å². The van der Waals surface area contributed by atoms with Gasteiger partial charge in [-0.25, -0.2) is 0 Å². The van der Waals surface area contributed by atoms with Crippen LogP contribution in [0.5, 0.6) is 0 Å². The maximum Gasteiger partial charge on any atom is 0.0743 e. The molecule has 2 N–H and O–H groups in total. The third kappa shape index (κ3) is 4.52. The van der Waals surface area contributed by atoms with Crippen molar-refractivity contribution in [1.82, 2.24) is 5.32 Å². The molecule has 0 saturated heterocycles. The van der Waals surface area contributed by atoms with Gasteiger partial charge in [-0.2, -0.15) is 0 Å². The van der Waals surface area contributed by atoms with Gasteiger partial charge < -0.3 is 10.4 Å². The summed E-state index contributed by atoms with van der Waals surface area (Å²) in [7, 11) is 0. The van der Waals surface area contributed by atoms with Crippen molar-refractivity contribution in [3.05, 3.63) is 0 Å². The summed E-state index contributed by atoms with van der Waals surface area (Å²) in [5.41, 5.74) is -0.515. The Bertz CT molecular complexity index is 179. The fourth-order valence-electron chi connectivity index (χ4n) is 2.62. The Morgan fingerprint density at radius 2 is 2.07 bits per heavy atom. The van der Waals surface area contributed by atoms with Crippen LogP contribution >= 0.6 is 0 Å². The quantitative estimate of drug-likeness (QED) is 0.711. The van der Waals surface area contributed by atoms with Gasteiger partial charge in [0, 0.05) is 12.6 Å². The highest BCUT2D eigenvalue weighted by atomic mass is 16.3. The molecule has 3 unspecified atom stereocenters. The first-order chi connectivity index (χ1) is 7.07. The summed E-state index contributed by atoms with van der Waals surface area (Å²) in [6.07, 6.45) is 7.22. The lowest BCUT2D eigenvalue weighted by Gasteiger charge is -2.25. The summed E-state index contributed by atoms with van der Waals surface area (Å²) >= 11 is 0. The fraction of sp³-hybridized carbons (Fsp3) is 1.00. The van der Waals surface area contributed by atoms with Crippen LogP contribution in [0.3, 0.4) is 0 Å². The summed E-state index contributed by atoms with van der Waals surface area (Å²) < 4.78 is 0. The molecule has 1 fully saturated rings. The Balaban J connectivity index is 2.20. The van der Waals surface area contributed by atoms with Crippen LogP contribution in [-0.2, 0) is 0 Å². The van der Waals surface area contributed by atoms with Crippen LogP contribution < -0.4 is 5.32 Å². The summed E-state index contributed by atoms with van der Waals surface area (Å²) in [6.45, 7) is 7.09. The van der Waals surface area contributed by atoms with Crippen molar-refractivity contribution in [2.75, 3.05) is 6.54 Å². The molecule has 0 aliphatic heterocycles. The smallest absolute Gasteiger partial charge is 0.0743 e. The lowest BCUT2D eigenvalue weighted by atomic mass is 10.00. The molecule has 0 aromatic heterocycles. The van der Waals surface area contributed by atoms with Crippen LogP contribution in [0.4, 0.5) is 0 Å². The first kappa shape index (κ1) is 13.0. The van der Waals surface area contributed by atoms with E-state index >= 15 is 0 Å². The van der Waals surface area contributed by atoms with Crippen molar-refractivity contribution >= 4 is 0 Å². The van der Waals surface area contributed by atoms with Gasteiger partial charge in [0.25, 0.3) is 0 Å². The van der Waals surface area contributed by atoms with E-state index in [0.29, 0.717) is 6.04 Å². The molecule has 1 rings (SSSR count). The van der Waals surface area contributed by atoms with E-state index < -0.39 is 5.60 Å². The molecular weight excluding hydrogens is 186 g/mol. The number of aliphatic hydroxyl groups is 1. The summed E-state index contributed by atoms with van der Waals surface area (Å²) in [5, 5.41) is 13.6. The Hall–Kier alpha value is -0.0800. The van der Waals surface area contributed by atoms with Crippen molar-refractivity contribution < 1.29 is 5.11 Å². The molecule has 0 aromatic rings. The van der Waals surface area contributed by atoms with E-state index in [1.807, 2.05) is 6.92 Å². The van der Waals surface area contributed by atoms with E-state index in [4.69, 9.17) is 0 Å². The Morgan fingerprint density at radius 1 is 1.33 bits per heavy atom. The molecule has 0 bridgehead atoms. The van der Waals surface area contributed by atoms with Gasteiger partial charge in [-0.3, -0.25) is 0 Å². The van der Waals surface area contributed by atoms with Crippen molar-refractivity contribution in [3.63, 3.8) is 0 Å². The van der Waals surface area contributed by atoms with E-state index in [-0.39, 0.29) is 0 Å². The molecule has 15 heavy (non-hydrogen) atoms. The molecule has 0 radical (unpaired) electrons. The Kier molecular flexibility index (Phi) is 5.07. The topological polar surface area (TPSA) is 32.3 Å². The maximum atomic E-state index is 10.0. The Morgan fingerprint density at radius 3 is 2.60 bits per heavy atom. The number of nitrogens with one attached hydrogen (secondary N) is 1. The SMILES string of the molecule is CCCC(C)(O)CNC1CCC(CC)C1. The molecule has 1 saturated carbocycles. The average Bonchev–Trinajstić information content (AvgIpc) is 2.62. The second-order valence-corrected chi connectivity index (χ2v) is 5.41. The first-order valence-electron chi connectivity index (χ1n) is 6.53. The molecule has 2 heteroatoms. The minimum atomic E-state index is -0.515. The molecule has 3 atom stereocenters. The van der Waals surface area contributed by atoms with Gasteiger partial charge in [-0.15, -0.1) is 0 Å². The highest BCUT2D eigenvalue weighted by Gasteiger charge is 2.26. The maximum absolute atomic E-state index is 10.0. The fourth-order valence-corrected chi connectivity index (χ4v) is 2.62. The van der Waals surface area contributed by atoms with E-state index in [1.54, 1.807) is 0 Å². The second kappa shape index (κ2) is 5.86.